The first-order valence-electron chi connectivity index (χ1n) is 6.02. The third kappa shape index (κ3) is 2.33. The van der Waals surface area contributed by atoms with E-state index < -0.39 is 6.04 Å². The van der Waals surface area contributed by atoms with Gasteiger partial charge in [-0.1, -0.05) is 23.4 Å². The van der Waals surface area contributed by atoms with Gasteiger partial charge in [-0.05, 0) is 13.0 Å². The fraction of sp³-hybridized carbons (Fsp3) is 0.385. The lowest BCUT2D eigenvalue weighted by molar-refractivity contribution is -0.132. The number of carbonyl (C=O) groups excluding carboxylic acids is 1. The quantitative estimate of drug-likeness (QED) is 0.364. The van der Waals surface area contributed by atoms with E-state index in [4.69, 9.17) is 15.7 Å². The second-order valence-electron chi connectivity index (χ2n) is 4.55. The van der Waals surface area contributed by atoms with Crippen LogP contribution in [0.3, 0.4) is 0 Å². The van der Waals surface area contributed by atoms with Crippen LogP contribution in [0.2, 0.25) is 0 Å². The Balaban J connectivity index is 2.18. The highest BCUT2D eigenvalue weighted by Crippen LogP contribution is 2.34. The van der Waals surface area contributed by atoms with Gasteiger partial charge in [-0.15, -0.1) is 0 Å². The maximum atomic E-state index is 12.4. The van der Waals surface area contributed by atoms with Crippen LogP contribution in [0.1, 0.15) is 18.4 Å². The topological polar surface area (TPSA) is 88.2 Å². The number of para-hydroxylation sites is 1. The maximum absolute atomic E-state index is 12.4. The van der Waals surface area contributed by atoms with E-state index in [0.29, 0.717) is 6.61 Å². The molecule has 0 spiro atoms. The molecule has 2 atom stereocenters. The largest absolute Gasteiger partial charge is 0.492 e. The summed E-state index contributed by atoms with van der Waals surface area (Å²) in [5.41, 5.74) is 6.40. The number of rotatable bonds is 3. The van der Waals surface area contributed by atoms with Crippen LogP contribution in [0, 0.1) is 0 Å². The van der Waals surface area contributed by atoms with E-state index in [-0.39, 0.29) is 17.7 Å². The molecule has 1 amide bonds. The Hall–Kier alpha value is -2.24. The first-order chi connectivity index (χ1) is 9.06. The molecule has 0 saturated heterocycles. The number of hydrogen-bond acceptors (Lipinski definition) is 4. The van der Waals surface area contributed by atoms with Gasteiger partial charge in [0.25, 0.3) is 0 Å². The summed E-state index contributed by atoms with van der Waals surface area (Å²) in [4.78, 5) is 13.9. The molecule has 0 fully saturated rings. The molecule has 1 aromatic carbocycles. The van der Waals surface area contributed by atoms with Gasteiger partial charge < -0.3 is 20.6 Å². The minimum Gasteiger partial charge on any atom is -0.492 e. The molecule has 2 rings (SSSR count). The fourth-order valence-electron chi connectivity index (χ4n) is 2.09. The molecule has 2 unspecified atom stereocenters. The van der Waals surface area contributed by atoms with Crippen molar-refractivity contribution in [3.63, 3.8) is 0 Å². The Morgan fingerprint density at radius 2 is 2.26 bits per heavy atom. The van der Waals surface area contributed by atoms with Crippen molar-refractivity contribution >= 4 is 11.7 Å². The van der Waals surface area contributed by atoms with Crippen molar-refractivity contribution in [3.8, 4) is 5.75 Å². The average molecular weight is 263 g/mol. The Bertz CT molecular complexity index is 516. The normalized spacial score (nSPS) is 19.5. The van der Waals surface area contributed by atoms with E-state index >= 15 is 0 Å². The third-order valence-corrected chi connectivity index (χ3v) is 3.47. The van der Waals surface area contributed by atoms with Crippen LogP contribution in [0.4, 0.5) is 0 Å². The van der Waals surface area contributed by atoms with Crippen LogP contribution in [-0.4, -0.2) is 41.5 Å². The van der Waals surface area contributed by atoms with Crippen LogP contribution in [0.5, 0.6) is 5.75 Å². The van der Waals surface area contributed by atoms with Gasteiger partial charge in [0.2, 0.25) is 5.91 Å². The molecular weight excluding hydrogens is 246 g/mol. The first kappa shape index (κ1) is 13.2. The summed E-state index contributed by atoms with van der Waals surface area (Å²) in [6.07, 6.45) is 0. The molecule has 0 radical (unpaired) electrons. The van der Waals surface area contributed by atoms with Crippen LogP contribution >= 0.6 is 0 Å². The molecular formula is C13H17N3O3. The molecule has 6 heteroatoms. The van der Waals surface area contributed by atoms with Gasteiger partial charge in [-0.2, -0.15) is 0 Å². The molecule has 0 aliphatic carbocycles. The summed E-state index contributed by atoms with van der Waals surface area (Å²) in [6, 6.07) is 7.00. The minimum absolute atomic E-state index is 0.00282. The molecule has 19 heavy (non-hydrogen) atoms. The molecule has 1 aliphatic heterocycles. The molecule has 1 heterocycles. The van der Waals surface area contributed by atoms with Gasteiger partial charge in [-0.3, -0.25) is 4.79 Å². The summed E-state index contributed by atoms with van der Waals surface area (Å²) < 4.78 is 5.49. The molecule has 102 valence electrons. The zero-order valence-electron chi connectivity index (χ0n) is 10.9. The molecule has 0 saturated carbocycles. The number of oxime groups is 1. The predicted octanol–water partition coefficient (Wildman–Crippen LogP) is 0.756. The van der Waals surface area contributed by atoms with Crippen molar-refractivity contribution in [3.05, 3.63) is 29.8 Å². The lowest BCUT2D eigenvalue weighted by atomic mass is 9.99. The number of carbonyl (C=O) groups is 1. The van der Waals surface area contributed by atoms with E-state index in [1.54, 1.807) is 14.0 Å². The van der Waals surface area contributed by atoms with Crippen molar-refractivity contribution in [1.29, 1.82) is 0 Å². The summed E-state index contributed by atoms with van der Waals surface area (Å²) in [7, 11) is 1.63. The van der Waals surface area contributed by atoms with Crippen LogP contribution in [0.15, 0.2) is 29.4 Å². The molecule has 0 aromatic heterocycles. The second-order valence-corrected chi connectivity index (χ2v) is 4.55. The fourth-order valence-corrected chi connectivity index (χ4v) is 2.09. The Labute approximate surface area is 111 Å². The number of fused-ring (bicyclic) bond motifs is 1. The third-order valence-electron chi connectivity index (χ3n) is 3.47. The number of nitrogens with zero attached hydrogens (tertiary/aromatic N) is 2. The van der Waals surface area contributed by atoms with E-state index in [2.05, 4.69) is 5.16 Å². The lowest BCUT2D eigenvalue weighted by Gasteiger charge is -2.26. The van der Waals surface area contributed by atoms with Crippen molar-refractivity contribution < 1.29 is 14.7 Å². The minimum atomic E-state index is -0.467. The SMILES string of the molecule is CC(C(N)=NO)N(C)C(=O)C1COc2ccccc21. The highest BCUT2D eigenvalue weighted by atomic mass is 16.5. The number of benzene rings is 1. The smallest absolute Gasteiger partial charge is 0.234 e. The van der Waals surface area contributed by atoms with Gasteiger partial charge in [0.05, 0.1) is 6.04 Å². The zero-order chi connectivity index (χ0) is 14.0. The molecule has 1 aromatic rings. The lowest BCUT2D eigenvalue weighted by Crippen LogP contribution is -2.45. The highest BCUT2D eigenvalue weighted by Gasteiger charge is 2.34. The van der Waals surface area contributed by atoms with Crippen LogP contribution < -0.4 is 10.5 Å². The molecule has 1 aliphatic rings. The first-order valence-corrected chi connectivity index (χ1v) is 6.02. The zero-order valence-corrected chi connectivity index (χ0v) is 10.9. The predicted molar refractivity (Wildman–Crippen MR) is 70.3 cm³/mol. The summed E-state index contributed by atoms with van der Waals surface area (Å²) in [6.45, 7) is 2.03. The summed E-state index contributed by atoms with van der Waals surface area (Å²) in [5, 5.41) is 11.6. The van der Waals surface area contributed by atoms with Crippen molar-refractivity contribution in [2.45, 2.75) is 18.9 Å². The van der Waals surface area contributed by atoms with Gasteiger partial charge >= 0.3 is 0 Å². The Morgan fingerprint density at radius 3 is 2.95 bits per heavy atom. The monoisotopic (exact) mass is 263 g/mol. The van der Waals surface area contributed by atoms with Gasteiger partial charge in [0, 0.05) is 12.6 Å². The van der Waals surface area contributed by atoms with Gasteiger partial charge in [0.1, 0.15) is 18.3 Å². The van der Waals surface area contributed by atoms with Crippen molar-refractivity contribution in [2.75, 3.05) is 13.7 Å². The molecule has 6 nitrogen and oxygen atoms in total. The van der Waals surface area contributed by atoms with E-state index in [1.165, 1.54) is 4.90 Å². The van der Waals surface area contributed by atoms with Crippen molar-refractivity contribution in [2.24, 2.45) is 10.9 Å². The Kier molecular flexibility index (Phi) is 3.59. The van der Waals surface area contributed by atoms with E-state index in [9.17, 15) is 4.79 Å². The summed E-state index contributed by atoms with van der Waals surface area (Å²) in [5.74, 6) is 0.299. The number of amidine groups is 1. The van der Waals surface area contributed by atoms with E-state index in [0.717, 1.165) is 11.3 Å². The standard InChI is InChI=1S/C13H17N3O3/c1-8(12(14)15-18)16(2)13(17)10-7-19-11-6-4-3-5-9(10)11/h3-6,8,10,18H,7H2,1-2H3,(H2,14,15). The number of nitrogens with two attached hydrogens (primary N) is 1. The number of amides is 1. The number of ether oxygens (including phenoxy) is 1. The average Bonchev–Trinajstić information content (AvgIpc) is 2.87. The number of likely N-dealkylation sites (N-methyl/N-ethyl adjacent to an activating group) is 1. The number of hydrogen-bond donors (Lipinski definition) is 2. The van der Waals surface area contributed by atoms with Crippen molar-refractivity contribution in [1.82, 2.24) is 4.90 Å². The summed E-state index contributed by atoms with van der Waals surface area (Å²) >= 11 is 0. The highest BCUT2D eigenvalue weighted by molar-refractivity contribution is 5.92. The molecule has 0 bridgehead atoms. The van der Waals surface area contributed by atoms with Gasteiger partial charge in [-0.25, -0.2) is 0 Å². The maximum Gasteiger partial charge on any atom is 0.234 e. The van der Waals surface area contributed by atoms with Crippen LogP contribution in [0.25, 0.3) is 0 Å². The van der Waals surface area contributed by atoms with Crippen LogP contribution in [-0.2, 0) is 4.79 Å². The van der Waals surface area contributed by atoms with E-state index in [1.807, 2.05) is 24.3 Å². The Morgan fingerprint density at radius 1 is 1.58 bits per heavy atom. The second kappa shape index (κ2) is 5.17. The van der Waals surface area contributed by atoms with Gasteiger partial charge in [0.15, 0.2) is 5.84 Å². The molecule has 3 N–H and O–H groups in total.